The van der Waals surface area contributed by atoms with Gasteiger partial charge in [0.05, 0.1) is 30.0 Å². The number of hydrogen-bond donors (Lipinski definition) is 0. The third-order valence-corrected chi connectivity index (χ3v) is 6.36. The molecule has 11 heteroatoms. The van der Waals surface area contributed by atoms with E-state index in [0.717, 1.165) is 44.0 Å². The SMILES string of the molecule is COc1nn(C)cc1C(=O)N(CCCN1CCOCC1)c1nc2c(Cl)cccc2s1.Cl. The predicted molar refractivity (Wildman–Crippen MR) is 125 cm³/mol. The number of thiazole rings is 1. The first-order chi connectivity index (χ1) is 14.6. The normalized spacial score (nSPS) is 14.4. The lowest BCUT2D eigenvalue weighted by molar-refractivity contribution is 0.0376. The number of amides is 1. The molecular weight excluding hydrogens is 461 g/mol. The molecule has 1 fully saturated rings. The van der Waals surface area contributed by atoms with E-state index in [2.05, 4.69) is 15.0 Å². The molecule has 0 N–H and O–H groups in total. The number of benzene rings is 1. The fraction of sp³-hybridized carbons (Fsp3) is 0.450. The summed E-state index contributed by atoms with van der Waals surface area (Å²) in [5, 5.41) is 5.42. The maximum Gasteiger partial charge on any atom is 0.267 e. The summed E-state index contributed by atoms with van der Waals surface area (Å²) in [5.74, 6) is 0.122. The van der Waals surface area contributed by atoms with Gasteiger partial charge in [-0.1, -0.05) is 29.0 Å². The van der Waals surface area contributed by atoms with Crippen LogP contribution in [0.1, 0.15) is 16.8 Å². The predicted octanol–water partition coefficient (Wildman–Crippen LogP) is 3.48. The Balaban J connectivity index is 0.00000272. The Kier molecular flexibility index (Phi) is 8.12. The zero-order chi connectivity index (χ0) is 21.1. The lowest BCUT2D eigenvalue weighted by atomic mass is 10.2. The quantitative estimate of drug-likeness (QED) is 0.509. The third kappa shape index (κ3) is 5.30. The number of halogens is 2. The molecule has 0 spiro atoms. The van der Waals surface area contributed by atoms with Crippen molar-refractivity contribution in [2.45, 2.75) is 6.42 Å². The number of aryl methyl sites for hydroxylation is 1. The van der Waals surface area contributed by atoms with Crippen molar-refractivity contribution < 1.29 is 14.3 Å². The van der Waals surface area contributed by atoms with E-state index in [4.69, 9.17) is 21.1 Å². The van der Waals surface area contributed by atoms with E-state index >= 15 is 0 Å². The number of carbonyl (C=O) groups excluding carboxylic acids is 1. The first kappa shape index (κ1) is 23.7. The van der Waals surface area contributed by atoms with E-state index in [1.54, 1.807) is 22.8 Å². The van der Waals surface area contributed by atoms with Gasteiger partial charge in [0.1, 0.15) is 11.1 Å². The third-order valence-electron chi connectivity index (χ3n) is 5.01. The number of morpholine rings is 1. The van der Waals surface area contributed by atoms with Crippen LogP contribution in [0.15, 0.2) is 24.4 Å². The Bertz CT molecular complexity index is 1040. The summed E-state index contributed by atoms with van der Waals surface area (Å²) in [7, 11) is 3.28. The van der Waals surface area contributed by atoms with E-state index < -0.39 is 0 Å². The summed E-state index contributed by atoms with van der Waals surface area (Å²) in [6, 6.07) is 5.66. The molecule has 0 unspecified atom stereocenters. The maximum absolute atomic E-state index is 13.5. The van der Waals surface area contributed by atoms with Crippen LogP contribution in [0.5, 0.6) is 5.88 Å². The van der Waals surface area contributed by atoms with Crippen LogP contribution in [0.3, 0.4) is 0 Å². The van der Waals surface area contributed by atoms with Crippen molar-refractivity contribution in [2.24, 2.45) is 7.05 Å². The number of methoxy groups -OCH3 is 1. The van der Waals surface area contributed by atoms with Crippen LogP contribution < -0.4 is 9.64 Å². The largest absolute Gasteiger partial charge is 0.479 e. The van der Waals surface area contributed by atoms with Crippen LogP contribution in [0.2, 0.25) is 5.02 Å². The number of ether oxygens (including phenoxy) is 2. The van der Waals surface area contributed by atoms with Crippen molar-refractivity contribution in [3.05, 3.63) is 35.0 Å². The van der Waals surface area contributed by atoms with Gasteiger partial charge in [0.15, 0.2) is 5.13 Å². The highest BCUT2D eigenvalue weighted by molar-refractivity contribution is 7.22. The minimum absolute atomic E-state index is 0. The molecule has 8 nitrogen and oxygen atoms in total. The van der Waals surface area contributed by atoms with Gasteiger partial charge in [-0.25, -0.2) is 4.98 Å². The molecule has 0 aliphatic carbocycles. The molecule has 1 saturated heterocycles. The fourth-order valence-electron chi connectivity index (χ4n) is 3.49. The Morgan fingerprint density at radius 1 is 1.35 bits per heavy atom. The van der Waals surface area contributed by atoms with E-state index in [1.807, 2.05) is 18.2 Å². The van der Waals surface area contributed by atoms with E-state index in [-0.39, 0.29) is 18.3 Å². The number of anilines is 1. The van der Waals surface area contributed by atoms with Gasteiger partial charge in [-0.05, 0) is 18.6 Å². The van der Waals surface area contributed by atoms with Gasteiger partial charge in [0, 0.05) is 39.4 Å². The van der Waals surface area contributed by atoms with Crippen LogP contribution in [0.25, 0.3) is 10.2 Å². The highest BCUT2D eigenvalue weighted by Crippen LogP contribution is 2.34. The van der Waals surface area contributed by atoms with Gasteiger partial charge < -0.3 is 9.47 Å². The summed E-state index contributed by atoms with van der Waals surface area (Å²) in [6.45, 7) is 4.77. The molecule has 4 rings (SSSR count). The second-order valence-corrected chi connectivity index (χ2v) is 8.49. The summed E-state index contributed by atoms with van der Waals surface area (Å²) < 4.78 is 13.2. The van der Waals surface area contributed by atoms with Crippen LogP contribution >= 0.6 is 35.3 Å². The van der Waals surface area contributed by atoms with Gasteiger partial charge >= 0.3 is 0 Å². The average molecular weight is 486 g/mol. The minimum atomic E-state index is -0.183. The molecule has 3 aromatic rings. The molecular formula is C20H25Cl2N5O3S. The van der Waals surface area contributed by atoms with Gasteiger partial charge in [-0.2, -0.15) is 0 Å². The minimum Gasteiger partial charge on any atom is -0.479 e. The standard InChI is InChI=1S/C20H24ClN5O3S.ClH/c1-24-13-14(18(23-24)28-2)19(27)26(8-4-7-25-9-11-29-12-10-25)20-22-17-15(21)5-3-6-16(17)30-20;/h3,5-6,13H,4,7-12H2,1-2H3;1H. The number of rotatable bonds is 7. The molecule has 3 heterocycles. The van der Waals surface area contributed by atoms with Gasteiger partial charge in [0.2, 0.25) is 5.88 Å². The van der Waals surface area contributed by atoms with Crippen molar-refractivity contribution in [2.75, 3.05) is 51.4 Å². The smallest absolute Gasteiger partial charge is 0.267 e. The molecule has 0 radical (unpaired) electrons. The molecule has 1 aliphatic rings. The Labute approximate surface area is 196 Å². The summed E-state index contributed by atoms with van der Waals surface area (Å²) in [6.07, 6.45) is 2.49. The second kappa shape index (κ2) is 10.6. The molecule has 0 bridgehead atoms. The van der Waals surface area contributed by atoms with Crippen molar-refractivity contribution in [3.8, 4) is 5.88 Å². The van der Waals surface area contributed by atoms with Crippen LogP contribution in [-0.4, -0.2) is 72.1 Å². The van der Waals surface area contributed by atoms with Crippen molar-refractivity contribution in [1.29, 1.82) is 0 Å². The molecule has 31 heavy (non-hydrogen) atoms. The van der Waals surface area contributed by atoms with Gasteiger partial charge in [-0.15, -0.1) is 17.5 Å². The van der Waals surface area contributed by atoms with E-state index in [0.29, 0.717) is 33.7 Å². The zero-order valence-corrected chi connectivity index (χ0v) is 19.8. The molecule has 1 aliphatic heterocycles. The Morgan fingerprint density at radius 2 is 2.13 bits per heavy atom. The summed E-state index contributed by atoms with van der Waals surface area (Å²) in [4.78, 5) is 22.2. The second-order valence-electron chi connectivity index (χ2n) is 7.07. The van der Waals surface area contributed by atoms with Crippen molar-refractivity contribution in [1.82, 2.24) is 19.7 Å². The van der Waals surface area contributed by atoms with Gasteiger partial charge in [-0.3, -0.25) is 19.3 Å². The Hall–Kier alpha value is -1.91. The Morgan fingerprint density at radius 3 is 2.84 bits per heavy atom. The van der Waals surface area contributed by atoms with Crippen LogP contribution in [-0.2, 0) is 11.8 Å². The fourth-order valence-corrected chi connectivity index (χ4v) is 4.78. The number of hydrogen-bond acceptors (Lipinski definition) is 7. The first-order valence-corrected chi connectivity index (χ1v) is 11.0. The summed E-state index contributed by atoms with van der Waals surface area (Å²) >= 11 is 7.77. The van der Waals surface area contributed by atoms with Crippen molar-refractivity contribution >= 4 is 56.6 Å². The monoisotopic (exact) mass is 485 g/mol. The molecule has 1 amide bonds. The van der Waals surface area contributed by atoms with E-state index in [1.165, 1.54) is 18.4 Å². The number of aromatic nitrogens is 3. The molecule has 1 aromatic carbocycles. The topological polar surface area (TPSA) is 72.7 Å². The highest BCUT2D eigenvalue weighted by atomic mass is 35.5. The van der Waals surface area contributed by atoms with Crippen molar-refractivity contribution in [3.63, 3.8) is 0 Å². The molecule has 168 valence electrons. The number of carbonyl (C=O) groups is 1. The van der Waals surface area contributed by atoms with Crippen LogP contribution in [0.4, 0.5) is 5.13 Å². The van der Waals surface area contributed by atoms with E-state index in [9.17, 15) is 4.79 Å². The number of nitrogens with zero attached hydrogens (tertiary/aromatic N) is 5. The lowest BCUT2D eigenvalue weighted by Crippen LogP contribution is -2.39. The molecule has 2 aromatic heterocycles. The zero-order valence-electron chi connectivity index (χ0n) is 17.4. The maximum atomic E-state index is 13.5. The molecule has 0 saturated carbocycles. The molecule has 0 atom stereocenters. The summed E-state index contributed by atoms with van der Waals surface area (Å²) in [5.41, 5.74) is 1.13. The lowest BCUT2D eigenvalue weighted by Gasteiger charge is -2.27. The van der Waals surface area contributed by atoms with Crippen LogP contribution in [0, 0.1) is 0 Å². The number of fused-ring (bicyclic) bond motifs is 1. The number of para-hydroxylation sites is 1. The van der Waals surface area contributed by atoms with Gasteiger partial charge in [0.25, 0.3) is 5.91 Å². The average Bonchev–Trinajstić information content (AvgIpc) is 3.35. The highest BCUT2D eigenvalue weighted by Gasteiger charge is 2.26. The first-order valence-electron chi connectivity index (χ1n) is 9.81.